The first-order valence-electron chi connectivity index (χ1n) is 9.85. The van der Waals surface area contributed by atoms with Crippen molar-refractivity contribution in [2.24, 2.45) is 5.73 Å². The number of pyridine rings is 1. The largest absolute Gasteiger partial charge is 0.365 e. The number of alkyl halides is 4. The highest BCUT2D eigenvalue weighted by molar-refractivity contribution is 7.21. The van der Waals surface area contributed by atoms with Crippen LogP contribution in [0.25, 0.3) is 21.3 Å². The van der Waals surface area contributed by atoms with Gasteiger partial charge in [-0.25, -0.2) is 13.8 Å². The lowest BCUT2D eigenvalue weighted by atomic mass is 10.0. The summed E-state index contributed by atoms with van der Waals surface area (Å²) >= 11 is 0.709. The summed E-state index contributed by atoms with van der Waals surface area (Å²) in [6.45, 7) is 1.02. The van der Waals surface area contributed by atoms with Gasteiger partial charge in [0.05, 0.1) is 11.9 Å². The van der Waals surface area contributed by atoms with Gasteiger partial charge >= 0.3 is 6.55 Å². The smallest absolute Gasteiger partial charge is 0.333 e. The molecule has 0 fully saturated rings. The molecular weight excluding hydrogens is 478 g/mol. The Bertz CT molecular complexity index is 1410. The monoisotopic (exact) mass is 495 g/mol. The molecule has 4 aromatic heterocycles. The number of amides is 2. The predicted molar refractivity (Wildman–Crippen MR) is 116 cm³/mol. The highest BCUT2D eigenvalue weighted by atomic mass is 32.1. The number of anilines is 1. The first kappa shape index (κ1) is 23.4. The summed E-state index contributed by atoms with van der Waals surface area (Å²) < 4.78 is 55.5. The predicted octanol–water partition coefficient (Wildman–Crippen LogP) is 4.37. The Morgan fingerprint density at radius 3 is 2.53 bits per heavy atom. The van der Waals surface area contributed by atoms with Crippen LogP contribution in [0.1, 0.15) is 51.4 Å². The van der Waals surface area contributed by atoms with Gasteiger partial charge in [-0.1, -0.05) is 0 Å². The third-order valence-electron chi connectivity index (χ3n) is 5.15. The SMILES string of the molecule is CCn1ncc(-c2cc(C(F)F)nc3sc(C(N)=O)c(NC(=O)c4ccnn4C(F)F)c23)c1C. The molecule has 0 unspecified atom stereocenters. The fourth-order valence-corrected chi connectivity index (χ4v) is 4.61. The number of hydrogen-bond acceptors (Lipinski definition) is 6. The van der Waals surface area contributed by atoms with Crippen LogP contribution in [0.2, 0.25) is 0 Å². The molecule has 2 amide bonds. The van der Waals surface area contributed by atoms with Crippen molar-refractivity contribution >= 4 is 39.1 Å². The van der Waals surface area contributed by atoms with Crippen molar-refractivity contribution in [2.45, 2.75) is 33.4 Å². The Morgan fingerprint density at radius 2 is 1.94 bits per heavy atom. The molecule has 4 aromatic rings. The number of halogens is 4. The standard InChI is InChI=1S/C20H17F4N7O2S/c1-3-30-8(2)10(7-27-30)9-6-11(16(21)22)28-19-13(9)14(15(34-19)17(25)32)29-18(33)12-4-5-26-31(12)20(23)24/h4-7,16,20H,3H2,1-2H3,(H2,25,32)(H,29,33). The van der Waals surface area contributed by atoms with Gasteiger partial charge in [-0.3, -0.25) is 14.3 Å². The van der Waals surface area contributed by atoms with Crippen LogP contribution in [0.15, 0.2) is 24.5 Å². The lowest BCUT2D eigenvalue weighted by Gasteiger charge is -2.11. The molecule has 3 N–H and O–H groups in total. The van der Waals surface area contributed by atoms with E-state index < -0.39 is 36.2 Å². The van der Waals surface area contributed by atoms with E-state index in [0.717, 1.165) is 18.3 Å². The highest BCUT2D eigenvalue weighted by Gasteiger charge is 2.27. The van der Waals surface area contributed by atoms with Gasteiger partial charge in [0.2, 0.25) is 0 Å². The van der Waals surface area contributed by atoms with Gasteiger partial charge < -0.3 is 11.1 Å². The van der Waals surface area contributed by atoms with Crippen LogP contribution in [0.3, 0.4) is 0 Å². The third kappa shape index (κ3) is 3.89. The minimum absolute atomic E-state index is 0.0166. The molecule has 0 bridgehead atoms. The van der Waals surface area contributed by atoms with Gasteiger partial charge in [-0.05, 0) is 31.5 Å². The number of fused-ring (bicyclic) bond motifs is 1. The summed E-state index contributed by atoms with van der Waals surface area (Å²) in [6.07, 6.45) is -0.420. The summed E-state index contributed by atoms with van der Waals surface area (Å²) in [4.78, 5) is 28.8. The Balaban J connectivity index is 1.97. The van der Waals surface area contributed by atoms with Gasteiger partial charge in [-0.2, -0.15) is 23.7 Å². The molecule has 0 aromatic carbocycles. The Labute approximate surface area is 193 Å². The van der Waals surface area contributed by atoms with Crippen molar-refractivity contribution in [2.75, 3.05) is 5.32 Å². The van der Waals surface area contributed by atoms with Crippen LogP contribution in [-0.2, 0) is 6.54 Å². The topological polar surface area (TPSA) is 121 Å². The maximum absolute atomic E-state index is 13.6. The molecule has 0 atom stereocenters. The summed E-state index contributed by atoms with van der Waals surface area (Å²) in [5, 5.41) is 10.2. The zero-order valence-electron chi connectivity index (χ0n) is 17.7. The maximum Gasteiger partial charge on any atom is 0.333 e. The number of aryl methyl sites for hydroxylation is 1. The summed E-state index contributed by atoms with van der Waals surface area (Å²) in [5.74, 6) is -1.95. The van der Waals surface area contributed by atoms with E-state index in [1.807, 2.05) is 6.92 Å². The molecule has 9 nitrogen and oxygen atoms in total. The summed E-state index contributed by atoms with van der Waals surface area (Å²) in [5.41, 5.74) is 5.70. The van der Waals surface area contributed by atoms with Crippen LogP contribution in [0.4, 0.5) is 23.2 Å². The number of nitrogens with zero attached hydrogens (tertiary/aromatic N) is 5. The number of primary amides is 1. The van der Waals surface area contributed by atoms with Gasteiger partial charge in [0.25, 0.3) is 18.2 Å². The Morgan fingerprint density at radius 1 is 1.21 bits per heavy atom. The van der Waals surface area contributed by atoms with Crippen LogP contribution >= 0.6 is 11.3 Å². The number of carbonyl (C=O) groups excluding carboxylic acids is 2. The molecule has 4 rings (SSSR count). The van der Waals surface area contributed by atoms with E-state index in [0.29, 0.717) is 29.1 Å². The molecule has 0 aliphatic rings. The fraction of sp³-hybridized carbons (Fsp3) is 0.250. The molecule has 178 valence electrons. The average Bonchev–Trinajstić information content (AvgIpc) is 3.50. The summed E-state index contributed by atoms with van der Waals surface area (Å²) in [7, 11) is 0. The van der Waals surface area contributed by atoms with Crippen LogP contribution in [0, 0.1) is 6.92 Å². The van der Waals surface area contributed by atoms with E-state index >= 15 is 0 Å². The average molecular weight is 495 g/mol. The van der Waals surface area contributed by atoms with Gasteiger partial charge in [0.15, 0.2) is 0 Å². The molecule has 0 saturated carbocycles. The number of carbonyl (C=O) groups is 2. The molecule has 0 saturated heterocycles. The lowest BCUT2D eigenvalue weighted by Crippen LogP contribution is -2.20. The molecule has 14 heteroatoms. The second kappa shape index (κ2) is 8.85. The Kier molecular flexibility index (Phi) is 6.08. The van der Waals surface area contributed by atoms with Crippen molar-refractivity contribution in [3.8, 4) is 11.1 Å². The van der Waals surface area contributed by atoms with E-state index in [-0.39, 0.29) is 31.0 Å². The van der Waals surface area contributed by atoms with Gasteiger partial charge in [-0.15, -0.1) is 11.3 Å². The maximum atomic E-state index is 13.6. The zero-order chi connectivity index (χ0) is 24.7. The normalized spacial score (nSPS) is 11.6. The van der Waals surface area contributed by atoms with Crippen LogP contribution in [0.5, 0.6) is 0 Å². The summed E-state index contributed by atoms with van der Waals surface area (Å²) in [6, 6.07) is 2.22. The molecule has 0 aliphatic carbocycles. The first-order chi connectivity index (χ1) is 16.1. The van der Waals surface area contributed by atoms with Crippen molar-refractivity contribution in [3.05, 3.63) is 46.5 Å². The number of nitrogens with one attached hydrogen (secondary N) is 1. The molecular formula is C20H17F4N7O2S. The highest BCUT2D eigenvalue weighted by Crippen LogP contribution is 2.43. The molecule has 0 radical (unpaired) electrons. The third-order valence-corrected chi connectivity index (χ3v) is 6.25. The molecule has 4 heterocycles. The fourth-order valence-electron chi connectivity index (χ4n) is 3.59. The van der Waals surface area contributed by atoms with Crippen molar-refractivity contribution in [3.63, 3.8) is 0 Å². The van der Waals surface area contributed by atoms with Crippen molar-refractivity contribution in [1.82, 2.24) is 24.5 Å². The zero-order valence-corrected chi connectivity index (χ0v) is 18.5. The molecule has 0 spiro atoms. The second-order valence-electron chi connectivity index (χ2n) is 7.10. The number of hydrogen-bond donors (Lipinski definition) is 2. The van der Waals surface area contributed by atoms with Crippen molar-refractivity contribution < 1.29 is 27.2 Å². The number of nitrogens with two attached hydrogens (primary N) is 1. The minimum Gasteiger partial charge on any atom is -0.365 e. The van der Waals surface area contributed by atoms with E-state index in [2.05, 4.69) is 20.5 Å². The minimum atomic E-state index is -3.08. The quantitative estimate of drug-likeness (QED) is 0.369. The van der Waals surface area contributed by atoms with E-state index in [4.69, 9.17) is 5.73 Å². The van der Waals surface area contributed by atoms with E-state index in [1.165, 1.54) is 6.20 Å². The Hall–Kier alpha value is -3.81. The number of thiophene rings is 1. The molecule has 34 heavy (non-hydrogen) atoms. The van der Waals surface area contributed by atoms with Crippen molar-refractivity contribution in [1.29, 1.82) is 0 Å². The van der Waals surface area contributed by atoms with Gasteiger partial charge in [0.1, 0.15) is 21.1 Å². The van der Waals surface area contributed by atoms with Crippen LogP contribution < -0.4 is 11.1 Å². The second-order valence-corrected chi connectivity index (χ2v) is 8.10. The number of rotatable bonds is 7. The molecule has 0 aliphatic heterocycles. The van der Waals surface area contributed by atoms with E-state index in [9.17, 15) is 27.2 Å². The van der Waals surface area contributed by atoms with Gasteiger partial charge in [0, 0.05) is 29.4 Å². The first-order valence-corrected chi connectivity index (χ1v) is 10.7. The van der Waals surface area contributed by atoms with E-state index in [1.54, 1.807) is 11.6 Å². The number of aromatic nitrogens is 5. The lowest BCUT2D eigenvalue weighted by molar-refractivity contribution is 0.0520. The van der Waals surface area contributed by atoms with Crippen LogP contribution in [-0.4, -0.2) is 36.4 Å².